The first-order valence-corrected chi connectivity index (χ1v) is 56.6. The van der Waals surface area contributed by atoms with Crippen molar-refractivity contribution in [1.29, 1.82) is 0 Å². The van der Waals surface area contributed by atoms with E-state index in [-0.39, 0.29) is 11.8 Å². The second-order valence-electron chi connectivity index (χ2n) is 32.1. The minimum atomic E-state index is -0.0917. The van der Waals surface area contributed by atoms with Crippen molar-refractivity contribution in [1.82, 2.24) is 9.97 Å². The monoisotopic (exact) mass is 1830 g/mol. The highest BCUT2D eigenvalue weighted by Gasteiger charge is 2.31. The first kappa shape index (κ1) is 91.8. The number of hydrogen-bond donors (Lipinski definition) is 0. The molecule has 1 aromatic carbocycles. The van der Waals surface area contributed by atoms with Gasteiger partial charge in [0.25, 0.3) is 11.8 Å². The highest BCUT2D eigenvalue weighted by Crippen LogP contribution is 2.56. The van der Waals surface area contributed by atoms with Crippen LogP contribution in [0.1, 0.15) is 314 Å². The number of carbonyl (C=O) groups is 2. The molecule has 10 aromatic heterocycles. The zero-order chi connectivity index (χ0) is 82.0. The van der Waals surface area contributed by atoms with E-state index in [9.17, 15) is 9.59 Å². The molecule has 0 aliphatic carbocycles. The molecule has 0 saturated carbocycles. The van der Waals surface area contributed by atoms with E-state index in [2.05, 4.69) is 150 Å². The summed E-state index contributed by atoms with van der Waals surface area (Å²) in [4.78, 5) is 70.3. The predicted molar refractivity (Wildman–Crippen MR) is 545 cm³/mol. The van der Waals surface area contributed by atoms with E-state index in [0.29, 0.717) is 0 Å². The van der Waals surface area contributed by atoms with Gasteiger partial charge >= 0.3 is 0 Å². The largest absolute Gasteiger partial charge is 0.285 e. The molecule has 0 unspecified atom stereocenters. The molecule has 0 spiro atoms. The fraction of sp³-hybridized carbons (Fsp3) is 0.510. The number of thiophene rings is 8. The normalized spacial score (nSPS) is 14.0. The molecular weight excluding hydrogens is 1710 g/mol. The minimum absolute atomic E-state index is 0.0917. The zero-order valence-corrected chi connectivity index (χ0v) is 82.5. The van der Waals surface area contributed by atoms with Crippen molar-refractivity contribution in [3.05, 3.63) is 124 Å². The predicted octanol–water partition coefficient (Wildman–Crippen LogP) is 37.1. The molecule has 12 heterocycles. The summed E-state index contributed by atoms with van der Waals surface area (Å²) in [5.41, 5.74) is 10.3. The maximum absolute atomic E-state index is 13.6. The lowest BCUT2D eigenvalue weighted by Gasteiger charge is -2.07. The van der Waals surface area contributed by atoms with Crippen LogP contribution in [0.3, 0.4) is 0 Å². The van der Waals surface area contributed by atoms with Gasteiger partial charge < -0.3 is 0 Å². The summed E-state index contributed by atoms with van der Waals surface area (Å²) in [7, 11) is 0. The number of aliphatic imine (C=N–C) groups is 2. The molecule has 2 aliphatic rings. The molecule has 13 rings (SSSR count). The Labute approximate surface area is 762 Å². The third-order valence-corrected chi connectivity index (χ3v) is 38.8. The Balaban J connectivity index is 0.843. The standard InChI is InChI=1S/C98H122N4O2S14/c1-9-15-21-27-33-39-45-67-59-71(63-79-93(103)101-97(115-79)105-57-43-37-31-25-19-13-5)109-87(67)75-53-55-77(111-75)89-69(47-41-35-29-23-17-11-3)61-81(113-89)95-99-85-83(73-51-49-65(7)107-73)92-86(84(91(85)117-95)74-52-50-66(8)108-74)100-96(118-92)82-62-70(48-42-36-30-24-18-12-4)90(114-82)78-56-54-76(112-78)88-68(46-40-34-28-22-16-10-2)60-72(110-88)64-80-94(104)102-98(116-80)106-58-44-38-32-26-20-14-6/h49-56,59-64H,9-48,57-58H2,1-8H3/b79-63-,80-64-. The van der Waals surface area contributed by atoms with Crippen LogP contribution in [0.15, 0.2) is 92.6 Å². The summed E-state index contributed by atoms with van der Waals surface area (Å²) in [5.74, 6) is 1.85. The molecule has 630 valence electrons. The average molecular weight is 1840 g/mol. The molecule has 0 bridgehead atoms. The number of aryl methyl sites for hydroxylation is 6. The van der Waals surface area contributed by atoms with Gasteiger partial charge in [0.2, 0.25) is 0 Å². The van der Waals surface area contributed by atoms with Gasteiger partial charge in [-0.3, -0.25) is 9.59 Å². The Bertz CT molecular complexity index is 4800. The van der Waals surface area contributed by atoms with Crippen LogP contribution in [0, 0.1) is 13.8 Å². The van der Waals surface area contributed by atoms with Gasteiger partial charge in [0.1, 0.15) is 18.8 Å². The highest BCUT2D eigenvalue weighted by molar-refractivity contribution is 8.41. The van der Waals surface area contributed by atoms with Crippen molar-refractivity contribution >= 4 is 214 Å². The molecule has 2 aliphatic heterocycles. The Morgan fingerprint density at radius 2 is 0.602 bits per heavy atom. The van der Waals surface area contributed by atoms with Gasteiger partial charge in [0.05, 0.1) is 40.0 Å². The average Bonchev–Trinajstić information content (AvgIpc) is 1.56. The third-order valence-electron chi connectivity index (χ3n) is 22.4. The molecule has 118 heavy (non-hydrogen) atoms. The second-order valence-corrected chi connectivity index (χ2v) is 47.9. The van der Waals surface area contributed by atoms with E-state index in [4.69, 9.17) is 9.97 Å². The van der Waals surface area contributed by atoms with Crippen LogP contribution in [0.4, 0.5) is 0 Å². The molecule has 6 nitrogen and oxygen atoms in total. The number of benzene rings is 1. The second kappa shape index (κ2) is 48.0. The van der Waals surface area contributed by atoms with E-state index in [1.807, 2.05) is 113 Å². The summed E-state index contributed by atoms with van der Waals surface area (Å²) in [6, 6.07) is 28.8. The first-order valence-electron chi connectivity index (χ1n) is 44.8. The van der Waals surface area contributed by atoms with Gasteiger partial charge in [-0.25, -0.2) is 9.97 Å². The van der Waals surface area contributed by atoms with Crippen molar-refractivity contribution in [2.75, 3.05) is 11.5 Å². The molecule has 0 N–H and O–H groups in total. The highest BCUT2D eigenvalue weighted by atomic mass is 32.2. The van der Waals surface area contributed by atoms with Gasteiger partial charge in [-0.05, 0) is 185 Å². The SMILES string of the molecule is CCCCCCCCSC1=NC(=O)/C(=C/c2cc(CCCCCCCC)c(-c3ccc(-c4sc(-c5nc6c(-c7ccc(C)s7)c7sc(-c8cc(CCCCCCCC)c(-c9ccc(-c%10sc(/C=C%11\SC(SCCCCCCCC)=NC%11=O)cc%10CCCCCCCC)s9)s8)nc7c(-c7ccc(C)s7)c6s5)cc4CCCCCCCC)s3)s2)S1. The topological polar surface area (TPSA) is 84.6 Å². The van der Waals surface area contributed by atoms with E-state index in [0.717, 1.165) is 86.6 Å². The quantitative estimate of drug-likeness (QED) is 0.0275. The van der Waals surface area contributed by atoms with Crippen LogP contribution in [0.25, 0.3) is 112 Å². The maximum atomic E-state index is 13.6. The molecule has 20 heteroatoms. The number of aromatic nitrogens is 2. The summed E-state index contributed by atoms with van der Waals surface area (Å²) in [6.45, 7) is 18.3. The van der Waals surface area contributed by atoms with Crippen LogP contribution >= 0.6 is 160 Å². The molecule has 0 radical (unpaired) electrons. The van der Waals surface area contributed by atoms with Crippen LogP contribution in [-0.4, -0.2) is 42.0 Å². The Morgan fingerprint density at radius 1 is 0.305 bits per heavy atom. The van der Waals surface area contributed by atoms with Crippen molar-refractivity contribution in [3.63, 3.8) is 0 Å². The summed E-state index contributed by atoms with van der Waals surface area (Å²) >= 11 is 25.7. The zero-order valence-electron chi connectivity index (χ0n) is 71.1. The number of thiazole rings is 2. The number of unbranched alkanes of at least 4 members (excludes halogenated alkanes) is 30. The lowest BCUT2D eigenvalue weighted by atomic mass is 10.0. The number of rotatable bonds is 52. The Morgan fingerprint density at radius 3 is 0.924 bits per heavy atom. The summed E-state index contributed by atoms with van der Waals surface area (Å²) in [6.07, 6.45) is 53.8. The number of thioether (sulfide) groups is 4. The smallest absolute Gasteiger partial charge is 0.266 e. The maximum Gasteiger partial charge on any atom is 0.285 e. The van der Waals surface area contributed by atoms with Gasteiger partial charge in [0.15, 0.2) is 0 Å². The summed E-state index contributed by atoms with van der Waals surface area (Å²) in [5, 5.41) is 2.17. The van der Waals surface area contributed by atoms with Crippen LogP contribution in [0.5, 0.6) is 0 Å². The molecule has 11 aromatic rings. The summed E-state index contributed by atoms with van der Waals surface area (Å²) < 4.78 is 4.25. The molecule has 2 amide bonds. The number of amides is 2. The van der Waals surface area contributed by atoms with Crippen LogP contribution in [0.2, 0.25) is 0 Å². The van der Waals surface area contributed by atoms with E-state index in [1.165, 1.54) is 342 Å². The lowest BCUT2D eigenvalue weighted by molar-refractivity contribution is -0.114. The molecule has 0 saturated heterocycles. The number of nitrogens with zero attached hydrogens (tertiary/aromatic N) is 4. The Kier molecular flexibility index (Phi) is 37.4. The van der Waals surface area contributed by atoms with Crippen molar-refractivity contribution in [3.8, 4) is 79.7 Å². The van der Waals surface area contributed by atoms with Crippen molar-refractivity contribution in [2.24, 2.45) is 9.98 Å². The van der Waals surface area contributed by atoms with E-state index in [1.54, 1.807) is 47.0 Å². The number of fused-ring (bicyclic) bond motifs is 2. The van der Waals surface area contributed by atoms with Gasteiger partial charge in [-0.2, -0.15) is 9.98 Å². The molecule has 0 fully saturated rings. The third kappa shape index (κ3) is 25.3. The molecular formula is C98H122N4O2S14. The number of carbonyl (C=O) groups excluding carboxylic acids is 2. The van der Waals surface area contributed by atoms with Crippen molar-refractivity contribution < 1.29 is 9.59 Å². The van der Waals surface area contributed by atoms with Crippen molar-refractivity contribution in [2.45, 2.75) is 312 Å². The molecule has 0 atom stereocenters. The number of hydrogen-bond acceptors (Lipinski definition) is 18. The van der Waals surface area contributed by atoms with E-state index < -0.39 is 0 Å². The fourth-order valence-electron chi connectivity index (χ4n) is 15.8. The van der Waals surface area contributed by atoms with Gasteiger partial charge in [0, 0.05) is 90.9 Å². The fourth-order valence-corrected chi connectivity index (χ4v) is 31.7. The first-order chi connectivity index (χ1) is 57.9. The van der Waals surface area contributed by atoms with Gasteiger partial charge in [-0.15, -0.1) is 113 Å². The lowest BCUT2D eigenvalue weighted by Crippen LogP contribution is -1.87. The Hall–Kier alpha value is -3.84. The van der Waals surface area contributed by atoms with Crippen LogP contribution < -0.4 is 0 Å². The van der Waals surface area contributed by atoms with Gasteiger partial charge in [-0.1, -0.05) is 281 Å². The van der Waals surface area contributed by atoms with Crippen LogP contribution in [-0.2, 0) is 35.3 Å². The minimum Gasteiger partial charge on any atom is -0.266 e. The van der Waals surface area contributed by atoms with E-state index >= 15 is 0 Å².